The molecule has 22 heavy (non-hydrogen) atoms. The number of ether oxygens (including phenoxy) is 1. The molecule has 0 aliphatic carbocycles. The molecule has 0 spiro atoms. The Hall–Kier alpha value is -2.56. The summed E-state index contributed by atoms with van der Waals surface area (Å²) in [6.07, 6.45) is -4.35. The van der Waals surface area contributed by atoms with Gasteiger partial charge in [0, 0.05) is 13.0 Å². The third-order valence-electron chi connectivity index (χ3n) is 2.88. The second-order valence-electron chi connectivity index (χ2n) is 4.64. The van der Waals surface area contributed by atoms with Crippen LogP contribution in [-0.4, -0.2) is 21.6 Å². The fourth-order valence-corrected chi connectivity index (χ4v) is 1.93. The average molecular weight is 310 g/mol. The molecule has 0 saturated heterocycles. The summed E-state index contributed by atoms with van der Waals surface area (Å²) in [6, 6.07) is 8.77. The molecule has 2 aromatic rings. The van der Waals surface area contributed by atoms with Gasteiger partial charge in [0.25, 0.3) is 0 Å². The van der Waals surface area contributed by atoms with Crippen LogP contribution in [0.5, 0.6) is 5.75 Å². The van der Waals surface area contributed by atoms with E-state index < -0.39 is 17.6 Å². The first-order valence-electron chi connectivity index (χ1n) is 6.52. The Bertz CT molecular complexity index is 688. The number of benzene rings is 1. The minimum atomic E-state index is -4.66. The Morgan fingerprint density at radius 3 is 2.77 bits per heavy atom. The normalized spacial score (nSPS) is 11.2. The smallest absolute Gasteiger partial charge is 0.436 e. The van der Waals surface area contributed by atoms with Crippen molar-refractivity contribution in [2.75, 3.05) is 6.61 Å². The van der Waals surface area contributed by atoms with Crippen molar-refractivity contribution in [1.29, 1.82) is 5.26 Å². The van der Waals surface area contributed by atoms with Crippen LogP contribution >= 0.6 is 0 Å². The van der Waals surface area contributed by atoms with Crippen molar-refractivity contribution in [3.63, 3.8) is 0 Å². The molecule has 8 heteroatoms. The first kappa shape index (κ1) is 15.8. The molecule has 1 heterocycles. The largest absolute Gasteiger partial charge is 0.494 e. The number of rotatable bonds is 5. The maximum Gasteiger partial charge on any atom is 0.436 e. The lowest BCUT2D eigenvalue weighted by Crippen LogP contribution is -2.17. The molecular formula is C14H13F3N4O. The van der Waals surface area contributed by atoms with Crippen molar-refractivity contribution in [3.8, 4) is 11.8 Å². The molecule has 0 N–H and O–H groups in total. The third-order valence-corrected chi connectivity index (χ3v) is 2.88. The second-order valence-corrected chi connectivity index (χ2v) is 4.64. The van der Waals surface area contributed by atoms with E-state index in [0.717, 1.165) is 5.56 Å². The van der Waals surface area contributed by atoms with Crippen LogP contribution in [-0.2, 0) is 12.7 Å². The SMILES string of the molecule is Cc1cccc(OCCCn2nnc(C#N)c2C(F)(F)F)c1. The van der Waals surface area contributed by atoms with Crippen LogP contribution in [0, 0.1) is 18.3 Å². The Morgan fingerprint density at radius 1 is 1.36 bits per heavy atom. The van der Waals surface area contributed by atoms with E-state index in [2.05, 4.69) is 10.3 Å². The summed E-state index contributed by atoms with van der Waals surface area (Å²) in [6.45, 7) is 2.12. The van der Waals surface area contributed by atoms with Crippen molar-refractivity contribution in [2.24, 2.45) is 0 Å². The highest BCUT2D eigenvalue weighted by molar-refractivity contribution is 5.27. The molecule has 2 rings (SSSR count). The van der Waals surface area contributed by atoms with E-state index in [1.54, 1.807) is 6.07 Å². The number of hydrogen-bond donors (Lipinski definition) is 0. The van der Waals surface area contributed by atoms with Crippen LogP contribution in [0.3, 0.4) is 0 Å². The molecule has 0 aliphatic rings. The van der Waals surface area contributed by atoms with E-state index in [0.29, 0.717) is 16.9 Å². The Labute approximate surface area is 124 Å². The number of hydrogen-bond acceptors (Lipinski definition) is 4. The van der Waals surface area contributed by atoms with E-state index in [4.69, 9.17) is 10.00 Å². The summed E-state index contributed by atoms with van der Waals surface area (Å²) < 4.78 is 44.7. The molecule has 1 aromatic carbocycles. The minimum Gasteiger partial charge on any atom is -0.494 e. The third kappa shape index (κ3) is 3.75. The Kier molecular flexibility index (Phi) is 4.65. The van der Waals surface area contributed by atoms with Crippen molar-refractivity contribution in [3.05, 3.63) is 41.2 Å². The molecule has 0 atom stereocenters. The van der Waals surface area contributed by atoms with Gasteiger partial charge in [-0.05, 0) is 24.6 Å². The standard InChI is InChI=1S/C14H13F3N4O/c1-10-4-2-5-11(8-10)22-7-3-6-21-13(14(15,16)17)12(9-18)19-20-21/h2,4-5,8H,3,6-7H2,1H3. The van der Waals surface area contributed by atoms with Gasteiger partial charge in [0.05, 0.1) is 6.61 Å². The van der Waals surface area contributed by atoms with Crippen LogP contribution in [0.4, 0.5) is 13.2 Å². The summed E-state index contributed by atoms with van der Waals surface area (Å²) in [7, 11) is 0. The molecule has 0 amide bonds. The van der Waals surface area contributed by atoms with Crippen molar-refractivity contribution < 1.29 is 17.9 Å². The number of nitrogens with zero attached hydrogens (tertiary/aromatic N) is 4. The molecule has 0 radical (unpaired) electrons. The highest BCUT2D eigenvalue weighted by Crippen LogP contribution is 2.30. The zero-order valence-electron chi connectivity index (χ0n) is 11.8. The topological polar surface area (TPSA) is 63.7 Å². The average Bonchev–Trinajstić information content (AvgIpc) is 2.87. The van der Waals surface area contributed by atoms with Gasteiger partial charge in [-0.15, -0.1) is 5.10 Å². The van der Waals surface area contributed by atoms with Gasteiger partial charge in [-0.25, -0.2) is 4.68 Å². The number of nitriles is 1. The zero-order chi connectivity index (χ0) is 16.2. The van der Waals surface area contributed by atoms with Gasteiger partial charge in [-0.2, -0.15) is 18.4 Å². The number of halogens is 3. The Morgan fingerprint density at radius 2 is 2.14 bits per heavy atom. The number of aromatic nitrogens is 3. The maximum atomic E-state index is 12.9. The van der Waals surface area contributed by atoms with Gasteiger partial charge in [0.2, 0.25) is 0 Å². The minimum absolute atomic E-state index is 0.0324. The molecule has 0 aliphatic heterocycles. The van der Waals surface area contributed by atoms with Gasteiger partial charge >= 0.3 is 6.18 Å². The van der Waals surface area contributed by atoms with Gasteiger partial charge in [0.15, 0.2) is 11.4 Å². The fraction of sp³-hybridized carbons (Fsp3) is 0.357. The molecule has 0 saturated carbocycles. The lowest BCUT2D eigenvalue weighted by atomic mass is 10.2. The van der Waals surface area contributed by atoms with E-state index in [1.165, 1.54) is 6.07 Å². The van der Waals surface area contributed by atoms with Gasteiger partial charge in [-0.1, -0.05) is 17.3 Å². The summed E-state index contributed by atoms with van der Waals surface area (Å²) in [5, 5.41) is 15.3. The fourth-order valence-electron chi connectivity index (χ4n) is 1.93. The highest BCUT2D eigenvalue weighted by atomic mass is 19.4. The highest BCUT2D eigenvalue weighted by Gasteiger charge is 2.39. The second kappa shape index (κ2) is 6.47. The van der Waals surface area contributed by atoms with Crippen LogP contribution in [0.2, 0.25) is 0 Å². The molecule has 5 nitrogen and oxygen atoms in total. The summed E-state index contributed by atoms with van der Waals surface area (Å²) in [5.41, 5.74) is -0.801. The van der Waals surface area contributed by atoms with Crippen molar-refractivity contribution >= 4 is 0 Å². The number of alkyl halides is 3. The molecule has 0 fully saturated rings. The van der Waals surface area contributed by atoms with Crippen LogP contribution < -0.4 is 4.74 Å². The predicted octanol–water partition coefficient (Wildman–Crippen LogP) is 2.95. The van der Waals surface area contributed by atoms with Crippen LogP contribution in [0.15, 0.2) is 24.3 Å². The molecular weight excluding hydrogens is 297 g/mol. The van der Waals surface area contributed by atoms with E-state index in [-0.39, 0.29) is 13.2 Å². The van der Waals surface area contributed by atoms with Crippen molar-refractivity contribution in [2.45, 2.75) is 26.1 Å². The van der Waals surface area contributed by atoms with Crippen LogP contribution in [0.25, 0.3) is 0 Å². The first-order valence-corrected chi connectivity index (χ1v) is 6.52. The molecule has 1 aromatic heterocycles. The van der Waals surface area contributed by atoms with Crippen LogP contribution in [0.1, 0.15) is 23.4 Å². The molecule has 0 unspecified atom stereocenters. The van der Waals surface area contributed by atoms with Gasteiger partial charge in [-0.3, -0.25) is 0 Å². The van der Waals surface area contributed by atoms with Gasteiger partial charge < -0.3 is 4.74 Å². The summed E-state index contributed by atoms with van der Waals surface area (Å²) in [5.74, 6) is 0.660. The quantitative estimate of drug-likeness (QED) is 0.797. The van der Waals surface area contributed by atoms with E-state index in [9.17, 15) is 13.2 Å². The zero-order valence-corrected chi connectivity index (χ0v) is 11.8. The van der Waals surface area contributed by atoms with E-state index in [1.807, 2.05) is 25.1 Å². The van der Waals surface area contributed by atoms with Crippen molar-refractivity contribution in [1.82, 2.24) is 15.0 Å². The Balaban J connectivity index is 1.95. The monoisotopic (exact) mass is 310 g/mol. The first-order chi connectivity index (χ1) is 10.4. The molecule has 116 valence electrons. The van der Waals surface area contributed by atoms with Gasteiger partial charge in [0.1, 0.15) is 11.8 Å². The number of aryl methyl sites for hydroxylation is 2. The lowest BCUT2D eigenvalue weighted by molar-refractivity contribution is -0.144. The summed E-state index contributed by atoms with van der Waals surface area (Å²) >= 11 is 0. The lowest BCUT2D eigenvalue weighted by Gasteiger charge is -2.10. The molecule has 0 bridgehead atoms. The summed E-state index contributed by atoms with van der Waals surface area (Å²) in [4.78, 5) is 0. The van der Waals surface area contributed by atoms with E-state index >= 15 is 0 Å². The maximum absolute atomic E-state index is 12.9. The predicted molar refractivity (Wildman–Crippen MR) is 71.0 cm³/mol.